The Hall–Kier alpha value is -2.18. The average molecular weight is 388 g/mol. The number of carbonyl (C=O) groups excluding carboxylic acids is 2. The highest BCUT2D eigenvalue weighted by molar-refractivity contribution is 7.10. The van der Waals surface area contributed by atoms with Gasteiger partial charge in [0.2, 0.25) is 5.91 Å². The molecule has 0 aliphatic heterocycles. The molecule has 27 heavy (non-hydrogen) atoms. The van der Waals surface area contributed by atoms with E-state index in [1.165, 1.54) is 10.4 Å². The molecule has 0 saturated heterocycles. The fraction of sp³-hybridized carbons (Fsp3) is 0.429. The van der Waals surface area contributed by atoms with Gasteiger partial charge in [0.05, 0.1) is 12.6 Å². The van der Waals surface area contributed by atoms with Crippen LogP contribution in [0, 0.1) is 0 Å². The number of nitrogens with one attached hydrogen (secondary N) is 2. The Balaban J connectivity index is 1.83. The van der Waals surface area contributed by atoms with Crippen LogP contribution in [0.5, 0.6) is 0 Å². The van der Waals surface area contributed by atoms with Crippen LogP contribution in [0.1, 0.15) is 47.6 Å². The first-order valence-corrected chi connectivity index (χ1v) is 9.91. The van der Waals surface area contributed by atoms with Crippen molar-refractivity contribution in [2.45, 2.75) is 32.2 Å². The molecule has 1 heterocycles. The second-order valence-electron chi connectivity index (χ2n) is 7.81. The monoisotopic (exact) mass is 387 g/mol. The van der Waals surface area contributed by atoms with E-state index in [-0.39, 0.29) is 29.8 Å². The molecule has 0 saturated carbocycles. The highest BCUT2D eigenvalue weighted by atomic mass is 32.1. The largest absolute Gasteiger partial charge is 0.353 e. The van der Waals surface area contributed by atoms with Gasteiger partial charge in [-0.15, -0.1) is 11.3 Å². The zero-order valence-corrected chi connectivity index (χ0v) is 17.5. The van der Waals surface area contributed by atoms with Crippen LogP contribution in [0.15, 0.2) is 41.8 Å². The zero-order valence-electron chi connectivity index (χ0n) is 16.7. The molecule has 1 aromatic carbocycles. The first kappa shape index (κ1) is 21.1. The normalized spacial score (nSPS) is 12.7. The van der Waals surface area contributed by atoms with E-state index < -0.39 is 0 Å². The van der Waals surface area contributed by atoms with Gasteiger partial charge in [0.1, 0.15) is 0 Å². The first-order valence-electron chi connectivity index (χ1n) is 9.03. The van der Waals surface area contributed by atoms with E-state index in [1.807, 2.05) is 37.7 Å². The SMILES string of the molecule is CN(C)C(CNC(=O)CNC(=O)c1ccc(C(C)(C)C)cc1)c1cccs1. The molecule has 2 N–H and O–H groups in total. The minimum Gasteiger partial charge on any atom is -0.353 e. The van der Waals surface area contributed by atoms with E-state index >= 15 is 0 Å². The lowest BCUT2D eigenvalue weighted by molar-refractivity contribution is -0.120. The second-order valence-corrected chi connectivity index (χ2v) is 8.79. The summed E-state index contributed by atoms with van der Waals surface area (Å²) in [5.41, 5.74) is 1.76. The lowest BCUT2D eigenvalue weighted by Crippen LogP contribution is -2.40. The standard InChI is InChI=1S/C21H29N3O2S/c1-21(2,3)16-10-8-15(9-11-16)20(26)23-14-19(25)22-13-17(24(4)5)18-7-6-12-27-18/h6-12,17H,13-14H2,1-5H3,(H,22,25)(H,23,26). The molecule has 146 valence electrons. The first-order chi connectivity index (χ1) is 12.7. The summed E-state index contributed by atoms with van der Waals surface area (Å²) in [5.74, 6) is -0.439. The number of amides is 2. The van der Waals surface area contributed by atoms with Crippen LogP contribution in [0.4, 0.5) is 0 Å². The Bertz CT molecular complexity index is 747. The molecule has 0 fully saturated rings. The van der Waals surface area contributed by atoms with Crippen molar-refractivity contribution in [3.8, 4) is 0 Å². The number of benzene rings is 1. The van der Waals surface area contributed by atoms with E-state index in [0.29, 0.717) is 12.1 Å². The summed E-state index contributed by atoms with van der Waals surface area (Å²) in [7, 11) is 3.97. The van der Waals surface area contributed by atoms with Crippen molar-refractivity contribution in [3.63, 3.8) is 0 Å². The van der Waals surface area contributed by atoms with Gasteiger partial charge < -0.3 is 15.5 Å². The molecule has 0 spiro atoms. The number of carbonyl (C=O) groups is 2. The molecule has 2 amide bonds. The van der Waals surface area contributed by atoms with Crippen molar-refractivity contribution in [3.05, 3.63) is 57.8 Å². The fourth-order valence-electron chi connectivity index (χ4n) is 2.68. The van der Waals surface area contributed by atoms with Crippen LogP contribution in [-0.4, -0.2) is 43.9 Å². The van der Waals surface area contributed by atoms with Gasteiger partial charge in [0.25, 0.3) is 5.91 Å². The van der Waals surface area contributed by atoms with Gasteiger partial charge >= 0.3 is 0 Å². The quantitative estimate of drug-likeness (QED) is 0.767. The third-order valence-corrected chi connectivity index (χ3v) is 5.38. The number of nitrogens with zero attached hydrogens (tertiary/aromatic N) is 1. The number of thiophene rings is 1. The van der Waals surface area contributed by atoms with Crippen LogP contribution in [-0.2, 0) is 10.2 Å². The maximum absolute atomic E-state index is 12.2. The second kappa shape index (κ2) is 9.15. The zero-order chi connectivity index (χ0) is 20.0. The van der Waals surface area contributed by atoms with Gasteiger partial charge in [-0.2, -0.15) is 0 Å². The summed E-state index contributed by atoms with van der Waals surface area (Å²) in [6.45, 7) is 6.85. The number of hydrogen-bond acceptors (Lipinski definition) is 4. The van der Waals surface area contributed by atoms with Gasteiger partial charge in [-0.3, -0.25) is 9.59 Å². The van der Waals surface area contributed by atoms with Crippen molar-refractivity contribution >= 4 is 23.2 Å². The lowest BCUT2D eigenvalue weighted by Gasteiger charge is -2.23. The van der Waals surface area contributed by atoms with Crippen LogP contribution >= 0.6 is 11.3 Å². The van der Waals surface area contributed by atoms with Crippen LogP contribution in [0.25, 0.3) is 0 Å². The molecule has 2 rings (SSSR count). The van der Waals surface area contributed by atoms with Crippen molar-refractivity contribution < 1.29 is 9.59 Å². The lowest BCUT2D eigenvalue weighted by atomic mass is 9.87. The smallest absolute Gasteiger partial charge is 0.251 e. The van der Waals surface area contributed by atoms with E-state index in [4.69, 9.17) is 0 Å². The highest BCUT2D eigenvalue weighted by Crippen LogP contribution is 2.23. The number of likely N-dealkylation sites (N-methyl/N-ethyl adjacent to an activating group) is 1. The Morgan fingerprint density at radius 1 is 1.07 bits per heavy atom. The summed E-state index contributed by atoms with van der Waals surface area (Å²) in [5, 5.41) is 7.61. The molecule has 5 nitrogen and oxygen atoms in total. The molecule has 2 aromatic rings. The summed E-state index contributed by atoms with van der Waals surface area (Å²) in [6.07, 6.45) is 0. The minimum absolute atomic E-state index is 0.0373. The summed E-state index contributed by atoms with van der Waals surface area (Å²) < 4.78 is 0. The van der Waals surface area contributed by atoms with E-state index in [2.05, 4.69) is 42.4 Å². The highest BCUT2D eigenvalue weighted by Gasteiger charge is 2.17. The van der Waals surface area contributed by atoms with Gasteiger partial charge in [0.15, 0.2) is 0 Å². The predicted octanol–water partition coefficient (Wildman–Crippen LogP) is 3.19. The molecule has 0 aliphatic carbocycles. The Morgan fingerprint density at radius 2 is 1.74 bits per heavy atom. The molecule has 1 unspecified atom stereocenters. The maximum Gasteiger partial charge on any atom is 0.251 e. The van der Waals surface area contributed by atoms with Crippen LogP contribution in [0.3, 0.4) is 0 Å². The van der Waals surface area contributed by atoms with Crippen molar-refractivity contribution in [2.75, 3.05) is 27.2 Å². The minimum atomic E-state index is -0.243. The van der Waals surface area contributed by atoms with Gasteiger partial charge in [-0.05, 0) is 48.7 Å². The van der Waals surface area contributed by atoms with Crippen LogP contribution < -0.4 is 10.6 Å². The van der Waals surface area contributed by atoms with Crippen molar-refractivity contribution in [1.82, 2.24) is 15.5 Å². The Kier molecular flexibility index (Phi) is 7.16. The third-order valence-electron chi connectivity index (χ3n) is 4.41. The Morgan fingerprint density at radius 3 is 2.26 bits per heavy atom. The summed E-state index contributed by atoms with van der Waals surface area (Å²) in [6, 6.07) is 11.7. The predicted molar refractivity (Wildman–Crippen MR) is 111 cm³/mol. The van der Waals surface area contributed by atoms with E-state index in [0.717, 1.165) is 0 Å². The Labute approximate surface area is 165 Å². The molecule has 1 aromatic heterocycles. The third kappa shape index (κ3) is 6.19. The van der Waals surface area contributed by atoms with E-state index in [9.17, 15) is 9.59 Å². The topological polar surface area (TPSA) is 61.4 Å². The molecule has 1 atom stereocenters. The van der Waals surface area contributed by atoms with Gasteiger partial charge in [0, 0.05) is 17.0 Å². The molecule has 6 heteroatoms. The maximum atomic E-state index is 12.2. The molecule has 0 radical (unpaired) electrons. The van der Waals surface area contributed by atoms with E-state index in [1.54, 1.807) is 23.5 Å². The van der Waals surface area contributed by atoms with Crippen molar-refractivity contribution in [1.29, 1.82) is 0 Å². The van der Waals surface area contributed by atoms with Crippen LogP contribution in [0.2, 0.25) is 0 Å². The molecular weight excluding hydrogens is 358 g/mol. The fourth-order valence-corrected chi connectivity index (χ4v) is 3.60. The van der Waals surface area contributed by atoms with Gasteiger partial charge in [-0.25, -0.2) is 0 Å². The summed E-state index contributed by atoms with van der Waals surface area (Å²) in [4.78, 5) is 27.6. The van der Waals surface area contributed by atoms with Gasteiger partial charge in [-0.1, -0.05) is 39.0 Å². The number of hydrogen-bond donors (Lipinski definition) is 2. The van der Waals surface area contributed by atoms with Crippen molar-refractivity contribution in [2.24, 2.45) is 0 Å². The summed E-state index contributed by atoms with van der Waals surface area (Å²) >= 11 is 1.67. The molecular formula is C21H29N3O2S. The number of rotatable bonds is 7. The molecule has 0 bridgehead atoms. The molecule has 0 aliphatic rings. The average Bonchev–Trinajstić information content (AvgIpc) is 3.13.